The van der Waals surface area contributed by atoms with Crippen LogP contribution in [0.3, 0.4) is 0 Å². The van der Waals surface area contributed by atoms with E-state index in [1.165, 1.54) is 64.2 Å². The van der Waals surface area contributed by atoms with E-state index in [0.29, 0.717) is 11.0 Å². The lowest BCUT2D eigenvalue weighted by molar-refractivity contribution is 0.0265. The molecule has 0 unspecified atom stereocenters. The molecule has 112 valence electrons. The molecule has 0 aliphatic heterocycles. The molecule has 2 heteroatoms. The maximum absolute atomic E-state index is 6.23. The van der Waals surface area contributed by atoms with Crippen LogP contribution in [0, 0.1) is 5.41 Å². The first kappa shape index (κ1) is 15.3. The summed E-state index contributed by atoms with van der Waals surface area (Å²) in [5.74, 6) is 0. The number of rotatable bonds is 3. The molecule has 2 saturated carbocycles. The molecule has 2 nitrogen and oxygen atoms in total. The Hall–Kier alpha value is -0.0800. The SMILES string of the molecule is CN(C1CCC(C)(C)CC1)C1(CN)CCCCCC1. The first-order valence-electron chi connectivity index (χ1n) is 8.42. The second-order valence-corrected chi connectivity index (χ2v) is 7.85. The van der Waals surface area contributed by atoms with Gasteiger partial charge in [0, 0.05) is 18.1 Å². The van der Waals surface area contributed by atoms with E-state index < -0.39 is 0 Å². The van der Waals surface area contributed by atoms with Crippen molar-refractivity contribution < 1.29 is 0 Å². The molecular weight excluding hydrogens is 232 g/mol. The molecule has 0 aromatic heterocycles. The molecular formula is C17H34N2. The van der Waals surface area contributed by atoms with Gasteiger partial charge in [0.1, 0.15) is 0 Å². The van der Waals surface area contributed by atoms with E-state index in [9.17, 15) is 0 Å². The summed E-state index contributed by atoms with van der Waals surface area (Å²) in [6.07, 6.45) is 13.7. The molecule has 0 bridgehead atoms. The normalized spacial score (nSPS) is 28.3. The smallest absolute Gasteiger partial charge is 0.0331 e. The van der Waals surface area contributed by atoms with E-state index in [1.54, 1.807) is 0 Å². The van der Waals surface area contributed by atoms with Gasteiger partial charge in [-0.2, -0.15) is 0 Å². The van der Waals surface area contributed by atoms with Gasteiger partial charge in [-0.15, -0.1) is 0 Å². The second kappa shape index (κ2) is 6.13. The van der Waals surface area contributed by atoms with E-state index in [1.807, 2.05) is 0 Å². The van der Waals surface area contributed by atoms with Crippen molar-refractivity contribution >= 4 is 0 Å². The molecule has 0 amide bonds. The zero-order valence-corrected chi connectivity index (χ0v) is 13.4. The fourth-order valence-corrected chi connectivity index (χ4v) is 4.25. The third-order valence-corrected chi connectivity index (χ3v) is 6.02. The largest absolute Gasteiger partial charge is 0.329 e. The Morgan fingerprint density at radius 1 is 0.947 bits per heavy atom. The molecule has 0 spiro atoms. The highest BCUT2D eigenvalue weighted by molar-refractivity contribution is 4.96. The van der Waals surface area contributed by atoms with Crippen molar-refractivity contribution in [3.63, 3.8) is 0 Å². The van der Waals surface area contributed by atoms with E-state index in [2.05, 4.69) is 25.8 Å². The third kappa shape index (κ3) is 3.52. The zero-order chi connectivity index (χ0) is 13.9. The van der Waals surface area contributed by atoms with Crippen LogP contribution in [0.25, 0.3) is 0 Å². The second-order valence-electron chi connectivity index (χ2n) is 7.85. The molecule has 0 saturated heterocycles. The molecule has 0 heterocycles. The maximum Gasteiger partial charge on any atom is 0.0331 e. The highest BCUT2D eigenvalue weighted by Gasteiger charge is 2.39. The number of hydrogen-bond donors (Lipinski definition) is 1. The van der Waals surface area contributed by atoms with Crippen LogP contribution in [-0.4, -0.2) is 30.1 Å². The van der Waals surface area contributed by atoms with Crippen molar-refractivity contribution in [3.8, 4) is 0 Å². The van der Waals surface area contributed by atoms with Gasteiger partial charge < -0.3 is 5.73 Å². The minimum atomic E-state index is 0.308. The van der Waals surface area contributed by atoms with Crippen molar-refractivity contribution in [1.29, 1.82) is 0 Å². The van der Waals surface area contributed by atoms with Gasteiger partial charge in [-0.1, -0.05) is 39.5 Å². The lowest BCUT2D eigenvalue weighted by Gasteiger charge is -2.48. The summed E-state index contributed by atoms with van der Waals surface area (Å²) < 4.78 is 0. The molecule has 2 rings (SSSR count). The van der Waals surface area contributed by atoms with Crippen molar-refractivity contribution in [3.05, 3.63) is 0 Å². The highest BCUT2D eigenvalue weighted by atomic mass is 15.2. The summed E-state index contributed by atoms with van der Waals surface area (Å²) in [6, 6.07) is 0.773. The van der Waals surface area contributed by atoms with Crippen molar-refractivity contribution in [2.24, 2.45) is 11.1 Å². The van der Waals surface area contributed by atoms with Gasteiger partial charge in [0.2, 0.25) is 0 Å². The number of hydrogen-bond acceptors (Lipinski definition) is 2. The highest BCUT2D eigenvalue weighted by Crippen LogP contribution is 2.40. The van der Waals surface area contributed by atoms with Crippen molar-refractivity contribution in [2.45, 2.75) is 89.6 Å². The summed E-state index contributed by atoms with van der Waals surface area (Å²) >= 11 is 0. The van der Waals surface area contributed by atoms with Crippen molar-refractivity contribution in [2.75, 3.05) is 13.6 Å². The minimum Gasteiger partial charge on any atom is -0.329 e. The molecule has 2 N–H and O–H groups in total. The topological polar surface area (TPSA) is 29.3 Å². The zero-order valence-electron chi connectivity index (χ0n) is 13.4. The van der Waals surface area contributed by atoms with Crippen molar-refractivity contribution in [1.82, 2.24) is 4.90 Å². The first-order valence-corrected chi connectivity index (χ1v) is 8.42. The van der Waals surface area contributed by atoms with Gasteiger partial charge in [0.05, 0.1) is 0 Å². The fraction of sp³-hybridized carbons (Fsp3) is 1.00. The van der Waals surface area contributed by atoms with E-state index in [4.69, 9.17) is 5.73 Å². The number of likely N-dealkylation sites (N-methyl/N-ethyl adjacent to an activating group) is 1. The number of nitrogens with two attached hydrogens (primary N) is 1. The maximum atomic E-state index is 6.23. The molecule has 2 aliphatic carbocycles. The van der Waals surface area contributed by atoms with Gasteiger partial charge in [0.15, 0.2) is 0 Å². The van der Waals surface area contributed by atoms with Crippen LogP contribution in [0.2, 0.25) is 0 Å². The molecule has 19 heavy (non-hydrogen) atoms. The van der Waals surface area contributed by atoms with E-state index in [0.717, 1.165) is 12.6 Å². The monoisotopic (exact) mass is 266 g/mol. The van der Waals surface area contributed by atoms with Crippen LogP contribution in [0.15, 0.2) is 0 Å². The first-order chi connectivity index (χ1) is 8.99. The lowest BCUT2D eigenvalue weighted by atomic mass is 9.74. The average molecular weight is 266 g/mol. The van der Waals surface area contributed by atoms with Gasteiger partial charge >= 0.3 is 0 Å². The van der Waals surface area contributed by atoms with Gasteiger partial charge in [0.25, 0.3) is 0 Å². The average Bonchev–Trinajstić information content (AvgIpc) is 2.64. The predicted molar refractivity (Wildman–Crippen MR) is 83.3 cm³/mol. The summed E-state index contributed by atoms with van der Waals surface area (Å²) in [4.78, 5) is 2.70. The number of nitrogens with zero attached hydrogens (tertiary/aromatic N) is 1. The van der Waals surface area contributed by atoms with Crippen LogP contribution >= 0.6 is 0 Å². The quantitative estimate of drug-likeness (QED) is 0.784. The summed E-state index contributed by atoms with van der Waals surface area (Å²) in [6.45, 7) is 5.70. The summed E-state index contributed by atoms with van der Waals surface area (Å²) in [5.41, 5.74) is 7.10. The van der Waals surface area contributed by atoms with E-state index in [-0.39, 0.29) is 0 Å². The Morgan fingerprint density at radius 3 is 1.95 bits per heavy atom. The standard InChI is InChI=1S/C17H34N2/c1-16(2)12-8-15(9-13-16)19(3)17(14-18)10-6-4-5-7-11-17/h15H,4-14,18H2,1-3H3. The molecule has 0 aromatic rings. The molecule has 0 radical (unpaired) electrons. The fourth-order valence-electron chi connectivity index (χ4n) is 4.25. The Labute approximate surface area is 120 Å². The molecule has 2 fully saturated rings. The van der Waals surface area contributed by atoms with Crippen LogP contribution in [-0.2, 0) is 0 Å². The van der Waals surface area contributed by atoms with Gasteiger partial charge in [-0.05, 0) is 51.0 Å². The summed E-state index contributed by atoms with van der Waals surface area (Å²) in [7, 11) is 2.36. The lowest BCUT2D eigenvalue weighted by Crippen LogP contribution is -2.56. The van der Waals surface area contributed by atoms with Crippen LogP contribution < -0.4 is 5.73 Å². The van der Waals surface area contributed by atoms with Crippen LogP contribution in [0.5, 0.6) is 0 Å². The Morgan fingerprint density at radius 2 is 1.47 bits per heavy atom. The third-order valence-electron chi connectivity index (χ3n) is 6.02. The minimum absolute atomic E-state index is 0.308. The Kier molecular flexibility index (Phi) is 4.94. The predicted octanol–water partition coefficient (Wildman–Crippen LogP) is 3.94. The Bertz CT molecular complexity index is 267. The van der Waals surface area contributed by atoms with Gasteiger partial charge in [-0.25, -0.2) is 0 Å². The van der Waals surface area contributed by atoms with Crippen LogP contribution in [0.1, 0.15) is 78.1 Å². The van der Waals surface area contributed by atoms with Crippen LogP contribution in [0.4, 0.5) is 0 Å². The Balaban J connectivity index is 2.01. The molecule has 2 aliphatic rings. The molecule has 0 atom stereocenters. The van der Waals surface area contributed by atoms with Gasteiger partial charge in [-0.3, -0.25) is 4.90 Å². The molecule has 0 aromatic carbocycles. The van der Waals surface area contributed by atoms with E-state index >= 15 is 0 Å². The summed E-state index contributed by atoms with van der Waals surface area (Å²) in [5, 5.41) is 0.